The molecule has 1 aliphatic carbocycles. The Labute approximate surface area is 80.9 Å². The van der Waals surface area contributed by atoms with Gasteiger partial charge in [-0.1, -0.05) is 12.1 Å². The summed E-state index contributed by atoms with van der Waals surface area (Å²) in [6, 6.07) is 5.68. The molecule has 0 fully saturated rings. The quantitative estimate of drug-likeness (QED) is 0.617. The number of hydrogen-bond acceptors (Lipinski definition) is 2. The number of ketones is 1. The van der Waals surface area contributed by atoms with Crippen LogP contribution in [0.2, 0.25) is 0 Å². The van der Waals surface area contributed by atoms with Crippen LogP contribution in [0.25, 0.3) is 10.9 Å². The minimum absolute atomic E-state index is 0.233. The van der Waals surface area contributed by atoms with Gasteiger partial charge in [-0.15, -0.1) is 0 Å². The number of Topliss-reactive ketones (excluding diaryl/α,β-unsaturated/α-hetero) is 1. The van der Waals surface area contributed by atoms with E-state index in [0.717, 1.165) is 28.6 Å². The van der Waals surface area contributed by atoms with Crippen molar-refractivity contribution in [1.82, 2.24) is 4.98 Å². The summed E-state index contributed by atoms with van der Waals surface area (Å²) in [5.74, 6) is 0.233. The van der Waals surface area contributed by atoms with Crippen molar-refractivity contribution < 1.29 is 4.79 Å². The number of H-pyrrole nitrogens is 1. The number of aromatic nitrogens is 1. The number of anilines is 1. The van der Waals surface area contributed by atoms with Gasteiger partial charge < -0.3 is 10.7 Å². The molecule has 0 spiro atoms. The lowest BCUT2D eigenvalue weighted by molar-refractivity contribution is 0.0996. The first kappa shape index (κ1) is 7.62. The number of hydrogen-bond donors (Lipinski definition) is 2. The van der Waals surface area contributed by atoms with E-state index in [2.05, 4.69) is 4.98 Å². The summed E-state index contributed by atoms with van der Waals surface area (Å²) in [5, 5.41) is 0.975. The van der Waals surface area contributed by atoms with E-state index in [4.69, 9.17) is 5.73 Å². The van der Waals surface area contributed by atoms with Crippen LogP contribution in [0.1, 0.15) is 22.5 Å². The Morgan fingerprint density at radius 2 is 2.14 bits per heavy atom. The van der Waals surface area contributed by atoms with Crippen LogP contribution < -0.4 is 5.73 Å². The van der Waals surface area contributed by atoms with Crippen molar-refractivity contribution in [2.24, 2.45) is 0 Å². The molecule has 0 aliphatic heterocycles. The number of nitrogen functional groups attached to an aromatic ring is 1. The Bertz CT molecular complexity index is 539. The van der Waals surface area contributed by atoms with Gasteiger partial charge in [0.25, 0.3) is 0 Å². The maximum absolute atomic E-state index is 11.6. The number of benzene rings is 1. The van der Waals surface area contributed by atoms with E-state index in [9.17, 15) is 4.79 Å². The molecule has 0 unspecified atom stereocenters. The molecule has 3 nitrogen and oxygen atoms in total. The lowest BCUT2D eigenvalue weighted by atomic mass is 10.1. The van der Waals surface area contributed by atoms with E-state index in [-0.39, 0.29) is 5.78 Å². The molecule has 0 atom stereocenters. The Hall–Kier alpha value is -1.77. The summed E-state index contributed by atoms with van der Waals surface area (Å²) in [7, 11) is 0. The lowest BCUT2D eigenvalue weighted by Gasteiger charge is -1.96. The highest BCUT2D eigenvalue weighted by Gasteiger charge is 2.24. The topological polar surface area (TPSA) is 58.9 Å². The molecule has 3 N–H and O–H groups in total. The van der Waals surface area contributed by atoms with Crippen molar-refractivity contribution in [1.29, 1.82) is 0 Å². The van der Waals surface area contributed by atoms with Crippen LogP contribution >= 0.6 is 0 Å². The predicted octanol–water partition coefficient (Wildman–Crippen LogP) is 1.88. The van der Waals surface area contributed by atoms with Crippen molar-refractivity contribution >= 4 is 22.4 Å². The maximum Gasteiger partial charge on any atom is 0.165 e. The first-order chi connectivity index (χ1) is 6.77. The average molecular weight is 186 g/mol. The third-order valence-electron chi connectivity index (χ3n) is 2.82. The molecular weight excluding hydrogens is 176 g/mol. The van der Waals surface area contributed by atoms with Gasteiger partial charge >= 0.3 is 0 Å². The van der Waals surface area contributed by atoms with E-state index in [1.165, 1.54) is 0 Å². The Kier molecular flexibility index (Phi) is 1.29. The zero-order chi connectivity index (χ0) is 9.71. The van der Waals surface area contributed by atoms with Crippen LogP contribution in [0.5, 0.6) is 0 Å². The average Bonchev–Trinajstić information content (AvgIpc) is 2.68. The summed E-state index contributed by atoms with van der Waals surface area (Å²) >= 11 is 0. The molecule has 1 aromatic carbocycles. The van der Waals surface area contributed by atoms with Gasteiger partial charge in [0.1, 0.15) is 0 Å². The molecule has 3 rings (SSSR count). The molecule has 0 saturated carbocycles. The zero-order valence-corrected chi connectivity index (χ0v) is 7.63. The number of carbonyl (C=O) groups is 1. The highest BCUT2D eigenvalue weighted by atomic mass is 16.1. The lowest BCUT2D eigenvalue weighted by Crippen LogP contribution is -1.91. The number of aromatic amines is 1. The van der Waals surface area contributed by atoms with Gasteiger partial charge in [0.15, 0.2) is 5.78 Å². The van der Waals surface area contributed by atoms with E-state index >= 15 is 0 Å². The molecular formula is C11H10N2O. The number of nitrogens with two attached hydrogens (primary N) is 1. The first-order valence-corrected chi connectivity index (χ1v) is 4.69. The minimum atomic E-state index is 0.233. The van der Waals surface area contributed by atoms with Crippen LogP contribution in [-0.4, -0.2) is 10.8 Å². The molecule has 1 aromatic heterocycles. The third-order valence-corrected chi connectivity index (χ3v) is 2.82. The van der Waals surface area contributed by atoms with Crippen LogP contribution in [0.3, 0.4) is 0 Å². The van der Waals surface area contributed by atoms with Crippen molar-refractivity contribution in [3.8, 4) is 0 Å². The van der Waals surface area contributed by atoms with Crippen molar-refractivity contribution in [3.05, 3.63) is 29.5 Å². The van der Waals surface area contributed by atoms with Crippen molar-refractivity contribution in [2.75, 3.05) is 5.73 Å². The van der Waals surface area contributed by atoms with Gasteiger partial charge in [-0.3, -0.25) is 4.79 Å². The highest BCUT2D eigenvalue weighted by molar-refractivity contribution is 6.13. The molecule has 2 aromatic rings. The summed E-state index contributed by atoms with van der Waals surface area (Å²) < 4.78 is 0. The van der Waals surface area contributed by atoms with Crippen LogP contribution in [0.15, 0.2) is 18.2 Å². The van der Waals surface area contributed by atoms with E-state index in [1.807, 2.05) is 18.2 Å². The monoisotopic (exact) mass is 186 g/mol. The molecule has 14 heavy (non-hydrogen) atoms. The molecule has 0 saturated heterocycles. The molecule has 0 amide bonds. The smallest absolute Gasteiger partial charge is 0.165 e. The Morgan fingerprint density at radius 1 is 1.29 bits per heavy atom. The second-order valence-electron chi connectivity index (χ2n) is 3.67. The largest absolute Gasteiger partial charge is 0.397 e. The van der Waals surface area contributed by atoms with Crippen molar-refractivity contribution in [3.63, 3.8) is 0 Å². The molecule has 0 radical (unpaired) electrons. The number of rotatable bonds is 0. The van der Waals surface area contributed by atoms with Gasteiger partial charge in [0, 0.05) is 23.1 Å². The SMILES string of the molecule is Nc1cccc2c3c([nH]c12)CCC3=O. The van der Waals surface area contributed by atoms with Gasteiger partial charge in [-0.05, 0) is 12.5 Å². The van der Waals surface area contributed by atoms with E-state index < -0.39 is 0 Å². The number of nitrogens with one attached hydrogen (secondary N) is 1. The number of carbonyl (C=O) groups excluding carboxylic acids is 1. The van der Waals surface area contributed by atoms with Crippen molar-refractivity contribution in [2.45, 2.75) is 12.8 Å². The van der Waals surface area contributed by atoms with Crippen LogP contribution in [0.4, 0.5) is 5.69 Å². The maximum atomic E-state index is 11.6. The molecule has 0 bridgehead atoms. The predicted molar refractivity (Wildman–Crippen MR) is 55.4 cm³/mol. The molecule has 1 aliphatic rings. The minimum Gasteiger partial charge on any atom is -0.397 e. The van der Waals surface area contributed by atoms with E-state index in [1.54, 1.807) is 0 Å². The Morgan fingerprint density at radius 3 is 3.00 bits per heavy atom. The third kappa shape index (κ3) is 0.789. The fraction of sp³-hybridized carbons (Fsp3) is 0.182. The normalized spacial score (nSPS) is 15.0. The molecule has 1 heterocycles. The van der Waals surface area contributed by atoms with Gasteiger partial charge in [-0.25, -0.2) is 0 Å². The summed E-state index contributed by atoms with van der Waals surface area (Å²) in [6.45, 7) is 0. The zero-order valence-electron chi connectivity index (χ0n) is 7.63. The molecule has 3 heteroatoms. The van der Waals surface area contributed by atoms with Gasteiger partial charge in [0.05, 0.1) is 11.2 Å². The van der Waals surface area contributed by atoms with Gasteiger partial charge in [0.2, 0.25) is 0 Å². The summed E-state index contributed by atoms with van der Waals surface area (Å²) in [6.07, 6.45) is 1.45. The molecule has 70 valence electrons. The number of aryl methyl sites for hydroxylation is 1. The fourth-order valence-corrected chi connectivity index (χ4v) is 2.16. The Balaban J connectivity index is 2.47. The second kappa shape index (κ2) is 2.38. The fourth-order valence-electron chi connectivity index (χ4n) is 2.16. The van der Waals surface area contributed by atoms with Crippen LogP contribution in [-0.2, 0) is 6.42 Å². The summed E-state index contributed by atoms with van der Waals surface area (Å²) in [5.41, 5.74) is 9.34. The van der Waals surface area contributed by atoms with E-state index in [0.29, 0.717) is 12.1 Å². The van der Waals surface area contributed by atoms with Crippen LogP contribution in [0, 0.1) is 0 Å². The summed E-state index contributed by atoms with van der Waals surface area (Å²) in [4.78, 5) is 14.8. The van der Waals surface area contributed by atoms with Gasteiger partial charge in [-0.2, -0.15) is 0 Å². The highest BCUT2D eigenvalue weighted by Crippen LogP contribution is 2.32. The number of fused-ring (bicyclic) bond motifs is 3. The standard InChI is InChI=1S/C11H10N2O/c12-7-3-1-2-6-10-8(13-11(6)7)4-5-9(10)14/h1-3,13H,4-5,12H2. The second-order valence-corrected chi connectivity index (χ2v) is 3.67. The number of para-hydroxylation sites is 1. The first-order valence-electron chi connectivity index (χ1n) is 4.69.